The molecule has 3 aromatic carbocycles. The summed E-state index contributed by atoms with van der Waals surface area (Å²) in [6.45, 7) is 13.6. The Morgan fingerprint density at radius 2 is 1.75 bits per heavy atom. The topological polar surface area (TPSA) is 69.9 Å². The third-order valence-corrected chi connectivity index (χ3v) is 7.02. The van der Waals surface area contributed by atoms with Crippen LogP contribution in [0.1, 0.15) is 18.6 Å². The van der Waals surface area contributed by atoms with Crippen LogP contribution in [0.25, 0.3) is 4.85 Å². The number of nitrogens with one attached hydrogen (secondary N) is 2. The van der Waals surface area contributed by atoms with Crippen LogP contribution in [0.4, 0.5) is 38.9 Å². The van der Waals surface area contributed by atoms with E-state index in [-0.39, 0.29) is 16.5 Å². The zero-order valence-electron chi connectivity index (χ0n) is 22.2. The van der Waals surface area contributed by atoms with Crippen LogP contribution in [-0.4, -0.2) is 48.1 Å². The maximum absolute atomic E-state index is 14.3. The van der Waals surface area contributed by atoms with Gasteiger partial charge in [-0.1, -0.05) is 35.9 Å². The minimum atomic E-state index is -0.599. The summed E-state index contributed by atoms with van der Waals surface area (Å²) in [4.78, 5) is 17.2. The van der Waals surface area contributed by atoms with E-state index in [0.717, 1.165) is 31.9 Å². The molecule has 2 heterocycles. The molecule has 10 heteroatoms. The predicted molar refractivity (Wildman–Crippen MR) is 158 cm³/mol. The summed E-state index contributed by atoms with van der Waals surface area (Å²) in [7, 11) is 2.14. The lowest BCUT2D eigenvalue weighted by molar-refractivity contribution is 0.223. The summed E-state index contributed by atoms with van der Waals surface area (Å²) in [5.41, 5.74) is 3.11. The molecule has 5 rings (SSSR count). The maximum atomic E-state index is 14.3. The Labute approximate surface area is 238 Å². The zero-order chi connectivity index (χ0) is 28.1. The Morgan fingerprint density at radius 3 is 2.48 bits per heavy atom. The van der Waals surface area contributed by atoms with Crippen molar-refractivity contribution in [2.75, 3.05) is 48.8 Å². The van der Waals surface area contributed by atoms with Gasteiger partial charge in [0.1, 0.15) is 22.7 Å². The summed E-state index contributed by atoms with van der Waals surface area (Å²) in [5.74, 6) is 0.636. The molecule has 4 aromatic rings. The first-order valence-corrected chi connectivity index (χ1v) is 13.3. The number of benzene rings is 3. The molecule has 1 saturated heterocycles. The third-order valence-electron chi connectivity index (χ3n) is 6.75. The van der Waals surface area contributed by atoms with Crippen molar-refractivity contribution in [3.8, 4) is 5.75 Å². The molecule has 8 nitrogen and oxygen atoms in total. The number of halogens is 2. The van der Waals surface area contributed by atoms with Crippen molar-refractivity contribution in [2.45, 2.75) is 13.0 Å². The smallest absolute Gasteiger partial charge is 0.250 e. The standard InChI is InChI=1S/C30H29ClFN7O/c1-20(23-7-4-5-8-25(23)32)40-27-10-6-9-26(28(27)33-2)36-29-24(31)19-34-30(37-29)35-21-11-13-22(14-12-21)39-17-15-38(3)16-18-39/h4-14,19-20H,15-18H2,1,3H3,(H2,34,35,36,37). The highest BCUT2D eigenvalue weighted by atomic mass is 35.5. The molecule has 1 atom stereocenters. The van der Waals surface area contributed by atoms with Crippen LogP contribution in [-0.2, 0) is 0 Å². The number of nitrogens with zero attached hydrogens (tertiary/aromatic N) is 5. The molecule has 40 heavy (non-hydrogen) atoms. The molecular weight excluding hydrogens is 529 g/mol. The van der Waals surface area contributed by atoms with Crippen molar-refractivity contribution in [3.05, 3.63) is 101 Å². The molecule has 0 aliphatic carbocycles. The summed E-state index contributed by atoms with van der Waals surface area (Å²) >= 11 is 6.41. The molecule has 0 spiro atoms. The van der Waals surface area contributed by atoms with Crippen LogP contribution in [0.5, 0.6) is 5.75 Å². The van der Waals surface area contributed by atoms with Crippen LogP contribution < -0.4 is 20.3 Å². The fourth-order valence-corrected chi connectivity index (χ4v) is 4.62. The van der Waals surface area contributed by atoms with Gasteiger partial charge in [0.2, 0.25) is 5.95 Å². The molecule has 1 unspecified atom stereocenters. The minimum absolute atomic E-state index is 0.231. The average Bonchev–Trinajstić information content (AvgIpc) is 2.96. The van der Waals surface area contributed by atoms with Gasteiger partial charge in [0.15, 0.2) is 5.82 Å². The normalized spacial score (nSPS) is 14.3. The second-order valence-electron chi connectivity index (χ2n) is 9.52. The maximum Gasteiger partial charge on any atom is 0.250 e. The van der Waals surface area contributed by atoms with Crippen molar-refractivity contribution >= 4 is 46.1 Å². The van der Waals surface area contributed by atoms with Crippen molar-refractivity contribution in [3.63, 3.8) is 0 Å². The average molecular weight is 558 g/mol. The van der Waals surface area contributed by atoms with E-state index < -0.39 is 6.10 Å². The van der Waals surface area contributed by atoms with Gasteiger partial charge < -0.3 is 25.2 Å². The van der Waals surface area contributed by atoms with Crippen molar-refractivity contribution in [1.29, 1.82) is 0 Å². The Morgan fingerprint density at radius 1 is 1.00 bits per heavy atom. The predicted octanol–water partition coefficient (Wildman–Crippen LogP) is 7.20. The SMILES string of the molecule is [C-]#[N+]c1c(Nc2nc(Nc3ccc(N4CCN(C)CC4)cc3)ncc2Cl)cccc1OC(C)c1ccccc1F. The second-order valence-corrected chi connectivity index (χ2v) is 9.93. The number of piperazine rings is 1. The largest absolute Gasteiger partial charge is 0.497 e. The van der Waals surface area contributed by atoms with E-state index in [2.05, 4.69) is 54.4 Å². The fourth-order valence-electron chi connectivity index (χ4n) is 4.48. The molecule has 204 valence electrons. The van der Waals surface area contributed by atoms with E-state index in [1.54, 1.807) is 43.3 Å². The van der Waals surface area contributed by atoms with Crippen LogP contribution in [0.2, 0.25) is 5.02 Å². The van der Waals surface area contributed by atoms with Gasteiger partial charge in [-0.15, -0.1) is 0 Å². The summed E-state index contributed by atoms with van der Waals surface area (Å²) in [6.07, 6.45) is 0.897. The first kappa shape index (κ1) is 27.2. The quantitative estimate of drug-likeness (QED) is 0.222. The molecular formula is C30H29ClFN7O. The zero-order valence-corrected chi connectivity index (χ0v) is 23.0. The molecule has 1 aliphatic rings. The number of ether oxygens (including phenoxy) is 1. The number of rotatable bonds is 8. The molecule has 2 N–H and O–H groups in total. The van der Waals surface area contributed by atoms with E-state index in [1.807, 2.05) is 12.1 Å². The Hall–Kier alpha value is -4.39. The number of hydrogen-bond donors (Lipinski definition) is 2. The second kappa shape index (κ2) is 12.2. The third kappa shape index (κ3) is 6.25. The van der Waals surface area contributed by atoms with Gasteiger partial charge in [-0.2, -0.15) is 4.98 Å². The number of aromatic nitrogens is 2. The lowest BCUT2D eigenvalue weighted by atomic mass is 10.1. The summed E-state index contributed by atoms with van der Waals surface area (Å²) in [6, 6.07) is 19.7. The van der Waals surface area contributed by atoms with E-state index in [1.165, 1.54) is 18.0 Å². The molecule has 1 aliphatic heterocycles. The monoisotopic (exact) mass is 557 g/mol. The molecule has 0 saturated carbocycles. The van der Waals surface area contributed by atoms with Crippen molar-refractivity contribution in [1.82, 2.24) is 14.9 Å². The minimum Gasteiger partial charge on any atom is -0.497 e. The number of anilines is 5. The highest BCUT2D eigenvalue weighted by Gasteiger charge is 2.18. The van der Waals surface area contributed by atoms with Crippen LogP contribution in [0.3, 0.4) is 0 Å². The molecule has 1 fully saturated rings. The van der Waals surface area contributed by atoms with E-state index in [4.69, 9.17) is 22.9 Å². The van der Waals surface area contributed by atoms with Gasteiger partial charge in [-0.3, -0.25) is 0 Å². The van der Waals surface area contributed by atoms with Gasteiger partial charge >= 0.3 is 0 Å². The van der Waals surface area contributed by atoms with Crippen LogP contribution in [0.15, 0.2) is 72.9 Å². The Bertz CT molecular complexity index is 1520. The van der Waals surface area contributed by atoms with Crippen molar-refractivity contribution in [2.24, 2.45) is 0 Å². The molecule has 0 amide bonds. The summed E-state index contributed by atoms with van der Waals surface area (Å²) < 4.78 is 20.3. The number of para-hydroxylation sites is 1. The fraction of sp³-hybridized carbons (Fsp3) is 0.233. The van der Waals surface area contributed by atoms with Gasteiger partial charge in [-0.25, -0.2) is 14.2 Å². The first-order chi connectivity index (χ1) is 19.4. The van der Waals surface area contributed by atoms with Gasteiger partial charge in [0.25, 0.3) is 5.69 Å². The lowest BCUT2D eigenvalue weighted by Crippen LogP contribution is -2.44. The van der Waals surface area contributed by atoms with Crippen molar-refractivity contribution < 1.29 is 9.13 Å². The van der Waals surface area contributed by atoms with Gasteiger partial charge in [-0.05, 0) is 56.4 Å². The van der Waals surface area contributed by atoms with E-state index >= 15 is 0 Å². The molecule has 1 aromatic heterocycles. The highest BCUT2D eigenvalue weighted by Crippen LogP contribution is 2.40. The van der Waals surface area contributed by atoms with Gasteiger partial charge in [0, 0.05) is 48.8 Å². The van der Waals surface area contributed by atoms with E-state index in [9.17, 15) is 4.39 Å². The highest BCUT2D eigenvalue weighted by molar-refractivity contribution is 6.33. The number of hydrogen-bond acceptors (Lipinski definition) is 7. The first-order valence-electron chi connectivity index (χ1n) is 12.9. The molecule has 0 bridgehead atoms. The Kier molecular flexibility index (Phi) is 8.29. The summed E-state index contributed by atoms with van der Waals surface area (Å²) in [5, 5.41) is 6.64. The van der Waals surface area contributed by atoms with Crippen LogP contribution >= 0.6 is 11.6 Å². The Balaban J connectivity index is 1.31. The van der Waals surface area contributed by atoms with E-state index in [0.29, 0.717) is 28.8 Å². The van der Waals surface area contributed by atoms with Crippen LogP contribution in [0, 0.1) is 12.4 Å². The lowest BCUT2D eigenvalue weighted by Gasteiger charge is -2.34. The molecule has 0 radical (unpaired) electrons. The number of likely N-dealkylation sites (N-methyl/N-ethyl adjacent to an activating group) is 1. The van der Waals surface area contributed by atoms with Gasteiger partial charge in [0.05, 0.1) is 12.8 Å².